The molecule has 0 bridgehead atoms. The second kappa shape index (κ2) is 18.6. The number of H-pyrrole nitrogens is 2. The number of aliphatic hydroxyl groups excluding tert-OH is 4. The highest BCUT2D eigenvalue weighted by Gasteiger charge is 2.50. The van der Waals surface area contributed by atoms with Gasteiger partial charge in [-0.3, -0.25) is 46.7 Å². The Hall–Kier alpha value is -3.50. The maximum absolute atomic E-state index is 12.9. The van der Waals surface area contributed by atoms with E-state index in [2.05, 4.69) is 29.0 Å². The number of aromatic nitrogens is 8. The van der Waals surface area contributed by atoms with Crippen LogP contribution in [0.25, 0.3) is 22.3 Å². The van der Waals surface area contributed by atoms with Gasteiger partial charge in [0.25, 0.3) is 22.3 Å². The van der Waals surface area contributed by atoms with E-state index in [1.165, 1.54) is 35.9 Å². The summed E-state index contributed by atoms with van der Waals surface area (Å²) in [5.74, 6) is -0.614. The number of fused-ring (bicyclic) bond motifs is 2. The third kappa shape index (κ3) is 11.4. The van der Waals surface area contributed by atoms with Crippen LogP contribution in [-0.4, -0.2) is 154 Å². The molecule has 16 N–H and O–H groups in total. The number of anilines is 2. The zero-order chi connectivity index (χ0) is 47.4. The molecule has 12 atom stereocenters. The second-order valence-corrected chi connectivity index (χ2v) is 19.3. The van der Waals surface area contributed by atoms with E-state index in [4.69, 9.17) is 39.0 Å². The van der Waals surface area contributed by atoms with Crippen LogP contribution in [0.4, 0.5) is 11.9 Å². The molecule has 0 aromatic carbocycles. The molecule has 64 heavy (non-hydrogen) atoms. The van der Waals surface area contributed by atoms with Crippen LogP contribution >= 0.6 is 31.3 Å². The van der Waals surface area contributed by atoms with Crippen molar-refractivity contribution >= 4 is 65.5 Å². The minimum atomic E-state index is -5.75. The fourth-order valence-corrected chi connectivity index (χ4v) is 9.20. The molecule has 34 nitrogen and oxygen atoms in total. The van der Waals surface area contributed by atoms with Crippen LogP contribution in [0.3, 0.4) is 0 Å². The van der Waals surface area contributed by atoms with E-state index in [-0.39, 0.29) is 34.2 Å². The molecule has 38 heteroatoms. The molecule has 4 aromatic heterocycles. The topological polar surface area (TPSA) is 506 Å². The molecule has 0 amide bonds. The first kappa shape index (κ1) is 49.9. The summed E-state index contributed by atoms with van der Waals surface area (Å²) in [5.41, 5.74) is 9.72. The largest absolute Gasteiger partial charge is 0.472 e. The van der Waals surface area contributed by atoms with Gasteiger partial charge in [0.15, 0.2) is 0 Å². The first-order chi connectivity index (χ1) is 29.5. The van der Waals surface area contributed by atoms with Crippen molar-refractivity contribution in [1.29, 1.82) is 0 Å². The van der Waals surface area contributed by atoms with Crippen LogP contribution < -0.4 is 31.7 Å². The van der Waals surface area contributed by atoms with E-state index in [9.17, 15) is 77.6 Å². The van der Waals surface area contributed by atoms with Gasteiger partial charge >= 0.3 is 42.4 Å². The first-order valence-electron chi connectivity index (χ1n) is 17.8. The maximum Gasteiger partial charge on any atom is 0.472 e. The number of ether oxygens (including phenoxy) is 2. The van der Waals surface area contributed by atoms with E-state index >= 15 is 0 Å². The Balaban J connectivity index is 1.09. The Bertz CT molecular complexity index is 2500. The molecule has 0 spiro atoms. The van der Waals surface area contributed by atoms with Gasteiger partial charge in [-0.2, -0.15) is 19.1 Å². The normalized spacial score (nSPS) is 27.2. The number of nitrogen functional groups attached to an aromatic ring is 2. The zero-order valence-corrected chi connectivity index (χ0v) is 36.1. The van der Waals surface area contributed by atoms with Gasteiger partial charge in [0.05, 0.1) is 40.5 Å². The van der Waals surface area contributed by atoms with Crippen molar-refractivity contribution in [1.82, 2.24) is 29.1 Å². The summed E-state index contributed by atoms with van der Waals surface area (Å²) in [6, 6.07) is 0. The average molecular weight is 1000 g/mol. The lowest BCUT2D eigenvalue weighted by molar-refractivity contribution is -0.646. The summed E-state index contributed by atoms with van der Waals surface area (Å²) in [6.45, 7) is -5.22. The van der Waals surface area contributed by atoms with E-state index in [0.29, 0.717) is 0 Å². The molecule has 6 rings (SSSR count). The zero-order valence-electron chi connectivity index (χ0n) is 32.6. The van der Waals surface area contributed by atoms with Gasteiger partial charge < -0.3 is 70.7 Å². The maximum atomic E-state index is 12.9. The summed E-state index contributed by atoms with van der Waals surface area (Å²) < 4.78 is 93.5. The van der Waals surface area contributed by atoms with Crippen molar-refractivity contribution in [3.05, 3.63) is 33.4 Å². The number of hydrogen-bond donors (Lipinski definition) is 14. The lowest BCUT2D eigenvalue weighted by atomic mass is 10.1. The smallest absolute Gasteiger partial charge is 0.387 e. The molecular weight excluding hydrogens is 960 g/mol. The molecule has 2 aliphatic heterocycles. The summed E-state index contributed by atoms with van der Waals surface area (Å²) in [5, 5.41) is 42.8. The van der Waals surface area contributed by atoms with Crippen LogP contribution in [0, 0.1) is 0 Å². The number of rotatable bonds is 19. The highest BCUT2D eigenvalue weighted by molar-refractivity contribution is 7.48. The van der Waals surface area contributed by atoms with Gasteiger partial charge in [0.1, 0.15) is 48.8 Å². The van der Waals surface area contributed by atoms with Crippen LogP contribution in [0.1, 0.15) is 12.5 Å². The van der Waals surface area contributed by atoms with Crippen molar-refractivity contribution in [3.8, 4) is 0 Å². The van der Waals surface area contributed by atoms with E-state index in [1.54, 1.807) is 0 Å². The number of phosphoric acid groups is 4. The SMILES string of the molecule is C[n+]1cn([C@@H]2O[C@H](COP(=O)(O)OC[C@H](OP(=O)(O)O)[C@@H](COP(=O)(O)OC[C@H]3O[C@@H](n4c[n+](C)c5c(=O)[nH]c(N)nc54)[C@H](O)[C@@H]3O)OP(=O)(O)O)[C@@H](O)[C@H]2O)c2nc(N)[nH]c(=O)c21. The molecule has 0 aliphatic carbocycles. The molecule has 4 aromatic rings. The van der Waals surface area contributed by atoms with Crippen molar-refractivity contribution in [2.24, 2.45) is 14.1 Å². The number of nitrogens with zero attached hydrogens (tertiary/aromatic N) is 6. The Morgan fingerprint density at radius 3 is 1.33 bits per heavy atom. The quantitative estimate of drug-likeness (QED) is 0.0307. The van der Waals surface area contributed by atoms with Crippen molar-refractivity contribution in [3.63, 3.8) is 0 Å². The highest BCUT2D eigenvalue weighted by Crippen LogP contribution is 2.50. The van der Waals surface area contributed by atoms with Gasteiger partial charge in [-0.1, -0.05) is 0 Å². The molecule has 6 heterocycles. The number of phosphoric ester groups is 4. The number of nitrogens with two attached hydrogens (primary N) is 2. The molecule has 0 radical (unpaired) electrons. The van der Waals surface area contributed by atoms with E-state index in [1.807, 2.05) is 0 Å². The molecular formula is C26H42N10O24P4+2. The number of aromatic amines is 2. The van der Waals surface area contributed by atoms with E-state index in [0.717, 1.165) is 9.13 Å². The van der Waals surface area contributed by atoms with Gasteiger partial charge in [-0.25, -0.2) is 27.4 Å². The molecule has 358 valence electrons. The number of nitrogens with one attached hydrogen (secondary N) is 2. The Kier molecular flexibility index (Phi) is 14.5. The van der Waals surface area contributed by atoms with Crippen LogP contribution in [0.2, 0.25) is 0 Å². The summed E-state index contributed by atoms with van der Waals surface area (Å²) in [7, 11) is -19.5. The third-order valence-corrected chi connectivity index (χ3v) is 12.4. The second-order valence-electron chi connectivity index (χ2n) is 14.0. The standard InChI is InChI=1S/C26H40N10O24P4/c1-33-7-35(19-13(33)21(41)31-25(27)29-19)23-17(39)15(37)11(57-23)5-55-63(49,50)53-3-9(59-61(43,44)45)10(60-62(46,47)48)4-54-64(51,52)56-6-12-16(38)18(40)24(58-12)36-8-34(2)14-20(36)30-26(28)32-22(14)42/h7-12,15-18,23-24,37-40H,3-6H2,1-2H3,(H10-2,27,28,29,30,31,32,41,42,43,44,45,46,47,48,49,50,51,52)/p+2/t9-,10+,11-,12-,15-,16-,17-,18-,23-,24-/m1/s1. The molecule has 2 unspecified atom stereocenters. The number of aryl methyl sites for hydroxylation is 2. The summed E-state index contributed by atoms with van der Waals surface area (Å²) in [4.78, 5) is 96.2. The number of imidazole rings is 2. The summed E-state index contributed by atoms with van der Waals surface area (Å²) >= 11 is 0. The van der Waals surface area contributed by atoms with Crippen LogP contribution in [-0.2, 0) is 69.0 Å². The first-order valence-corrected chi connectivity index (χ1v) is 23.9. The fourth-order valence-electron chi connectivity index (χ4n) is 6.61. The third-order valence-electron chi connectivity index (χ3n) is 9.37. The predicted molar refractivity (Wildman–Crippen MR) is 201 cm³/mol. The lowest BCUT2D eigenvalue weighted by Gasteiger charge is -2.28. The molecule has 2 fully saturated rings. The number of hydrogen-bond acceptors (Lipinski definition) is 22. The van der Waals surface area contributed by atoms with E-state index < -0.39 is 130 Å². The van der Waals surface area contributed by atoms with Crippen LogP contribution in [0.15, 0.2) is 22.2 Å². The minimum Gasteiger partial charge on any atom is -0.387 e. The highest BCUT2D eigenvalue weighted by atomic mass is 31.2. The van der Waals surface area contributed by atoms with Crippen molar-refractivity contribution in [2.45, 2.75) is 61.3 Å². The lowest BCUT2D eigenvalue weighted by Crippen LogP contribution is -2.38. The van der Waals surface area contributed by atoms with Crippen molar-refractivity contribution < 1.29 is 114 Å². The van der Waals surface area contributed by atoms with Gasteiger partial charge in [-0.15, -0.1) is 0 Å². The van der Waals surface area contributed by atoms with Gasteiger partial charge in [0.2, 0.25) is 37.0 Å². The average Bonchev–Trinajstić information content (AvgIpc) is 3.85. The minimum absolute atomic E-state index is 0.0174. The molecule has 0 saturated carbocycles. The van der Waals surface area contributed by atoms with Crippen molar-refractivity contribution in [2.75, 3.05) is 37.9 Å². The molecule has 2 aliphatic rings. The Morgan fingerprint density at radius 2 is 1.00 bits per heavy atom. The van der Waals surface area contributed by atoms with Gasteiger partial charge in [-0.05, 0) is 0 Å². The number of aliphatic hydroxyl groups is 4. The summed E-state index contributed by atoms with van der Waals surface area (Å²) in [6.07, 6.45) is -16.0. The van der Waals surface area contributed by atoms with Crippen LogP contribution in [0.5, 0.6) is 0 Å². The predicted octanol–water partition coefficient (Wildman–Crippen LogP) is -6.26. The Morgan fingerprint density at radius 1 is 0.656 bits per heavy atom. The Labute approximate surface area is 354 Å². The van der Waals surface area contributed by atoms with Gasteiger partial charge in [0, 0.05) is 0 Å². The monoisotopic (exact) mass is 1000 g/mol. The fraction of sp³-hybridized carbons (Fsp3) is 0.615. The molecule has 2 saturated heterocycles.